The van der Waals surface area contributed by atoms with E-state index in [4.69, 9.17) is 0 Å². The normalized spacial score (nSPS) is 43.2. The summed E-state index contributed by atoms with van der Waals surface area (Å²) in [4.78, 5) is 25.9. The molecular formula is C30H40O2. The summed E-state index contributed by atoms with van der Waals surface area (Å²) in [6, 6.07) is 9.89. The van der Waals surface area contributed by atoms with Gasteiger partial charge < -0.3 is 0 Å². The molecule has 5 rings (SSSR count). The molecule has 0 bridgehead atoms. The van der Waals surface area contributed by atoms with E-state index >= 15 is 0 Å². The summed E-state index contributed by atoms with van der Waals surface area (Å²) in [5.74, 6) is 3.87. The van der Waals surface area contributed by atoms with Crippen LogP contribution in [0.25, 0.3) is 0 Å². The van der Waals surface area contributed by atoms with Crippen LogP contribution in [0.2, 0.25) is 0 Å². The van der Waals surface area contributed by atoms with E-state index in [9.17, 15) is 9.59 Å². The van der Waals surface area contributed by atoms with Gasteiger partial charge in [-0.15, -0.1) is 0 Å². The number of fused-ring (bicyclic) bond motifs is 5. The molecule has 2 heteroatoms. The third kappa shape index (κ3) is 3.35. The molecule has 0 radical (unpaired) electrons. The molecule has 0 aliphatic heterocycles. The van der Waals surface area contributed by atoms with E-state index < -0.39 is 0 Å². The molecule has 8 unspecified atom stereocenters. The average molecular weight is 433 g/mol. The van der Waals surface area contributed by atoms with Crippen LogP contribution in [-0.4, -0.2) is 11.6 Å². The van der Waals surface area contributed by atoms with Crippen LogP contribution in [-0.2, 0) is 4.79 Å². The first-order valence-electron chi connectivity index (χ1n) is 13.0. The quantitative estimate of drug-likeness (QED) is 0.370. The van der Waals surface area contributed by atoms with Gasteiger partial charge in [0.25, 0.3) is 0 Å². The molecular weight excluding hydrogens is 392 g/mol. The number of carbonyl (C=O) groups excluding carboxylic acids is 2. The van der Waals surface area contributed by atoms with E-state index in [0.717, 1.165) is 24.8 Å². The maximum absolute atomic E-state index is 13.4. The second-order valence-corrected chi connectivity index (χ2v) is 12.2. The first-order chi connectivity index (χ1) is 15.2. The van der Waals surface area contributed by atoms with E-state index in [1.165, 1.54) is 37.7 Å². The number of ketones is 2. The van der Waals surface area contributed by atoms with Crippen LogP contribution >= 0.6 is 0 Å². The molecule has 4 saturated carbocycles. The minimum absolute atomic E-state index is 0.127. The van der Waals surface area contributed by atoms with Crippen molar-refractivity contribution in [3.8, 4) is 0 Å². The highest BCUT2D eigenvalue weighted by Gasteiger charge is 2.62. The van der Waals surface area contributed by atoms with Crippen LogP contribution in [0.5, 0.6) is 0 Å². The van der Waals surface area contributed by atoms with Crippen LogP contribution < -0.4 is 0 Å². The summed E-state index contributed by atoms with van der Waals surface area (Å²) in [6.45, 7) is 11.2. The third-order valence-electron chi connectivity index (χ3n) is 10.8. The summed E-state index contributed by atoms with van der Waals surface area (Å²) >= 11 is 0. The van der Waals surface area contributed by atoms with Gasteiger partial charge in [0.15, 0.2) is 5.78 Å². The van der Waals surface area contributed by atoms with Gasteiger partial charge >= 0.3 is 0 Å². The molecule has 2 nitrogen and oxygen atoms in total. The van der Waals surface area contributed by atoms with Gasteiger partial charge in [0, 0.05) is 17.9 Å². The SMILES string of the molecule is C=C1CCC2(C)C(C1)CC(CC(=O)c1ccccc1)C1C2CCC2(C)C(C(C)=O)CCC12. The second kappa shape index (κ2) is 7.96. The van der Waals surface area contributed by atoms with Gasteiger partial charge in [0.2, 0.25) is 0 Å². The maximum atomic E-state index is 13.4. The van der Waals surface area contributed by atoms with E-state index in [1.807, 2.05) is 37.3 Å². The lowest BCUT2D eigenvalue weighted by atomic mass is 9.42. The van der Waals surface area contributed by atoms with E-state index in [1.54, 1.807) is 0 Å². The zero-order valence-electron chi connectivity index (χ0n) is 20.2. The Hall–Kier alpha value is -1.70. The fraction of sp³-hybridized carbons (Fsp3) is 0.667. The summed E-state index contributed by atoms with van der Waals surface area (Å²) in [5.41, 5.74) is 2.77. The molecule has 1 aromatic rings. The summed E-state index contributed by atoms with van der Waals surface area (Å²) < 4.78 is 0. The molecule has 0 amide bonds. The van der Waals surface area contributed by atoms with Crippen LogP contribution in [0, 0.1) is 46.3 Å². The Balaban J connectivity index is 1.50. The van der Waals surface area contributed by atoms with Crippen LogP contribution in [0.15, 0.2) is 42.5 Å². The second-order valence-electron chi connectivity index (χ2n) is 12.2. The lowest BCUT2D eigenvalue weighted by molar-refractivity contribution is -0.142. The minimum Gasteiger partial charge on any atom is -0.300 e. The molecule has 0 aromatic heterocycles. The highest BCUT2D eigenvalue weighted by Crippen LogP contribution is 2.69. The average Bonchev–Trinajstić information content (AvgIpc) is 3.13. The fourth-order valence-electron chi connectivity index (χ4n) is 9.19. The number of rotatable bonds is 4. The van der Waals surface area contributed by atoms with Crippen molar-refractivity contribution in [3.63, 3.8) is 0 Å². The Morgan fingerprint density at radius 1 is 1.00 bits per heavy atom. The number of hydrogen-bond donors (Lipinski definition) is 0. The molecule has 4 fully saturated rings. The molecule has 1 aromatic carbocycles. The number of carbonyl (C=O) groups is 2. The van der Waals surface area contributed by atoms with Gasteiger partial charge in [-0.05, 0) is 98.7 Å². The Morgan fingerprint density at radius 3 is 2.44 bits per heavy atom. The van der Waals surface area contributed by atoms with Crippen LogP contribution in [0.1, 0.15) is 88.9 Å². The van der Waals surface area contributed by atoms with Crippen molar-refractivity contribution in [2.45, 2.75) is 78.6 Å². The number of hydrogen-bond acceptors (Lipinski definition) is 2. The minimum atomic E-state index is 0.127. The van der Waals surface area contributed by atoms with Gasteiger partial charge in [0.05, 0.1) is 0 Å². The highest BCUT2D eigenvalue weighted by molar-refractivity contribution is 5.96. The Kier molecular flexibility index (Phi) is 5.50. The molecule has 0 spiro atoms. The summed E-state index contributed by atoms with van der Waals surface area (Å²) in [6.07, 6.45) is 10.0. The van der Waals surface area contributed by atoms with Gasteiger partial charge in [0.1, 0.15) is 5.78 Å². The Morgan fingerprint density at radius 2 is 1.72 bits per heavy atom. The van der Waals surface area contributed by atoms with Crippen molar-refractivity contribution >= 4 is 11.6 Å². The number of allylic oxidation sites excluding steroid dienone is 1. The Bertz CT molecular complexity index is 916. The topological polar surface area (TPSA) is 34.1 Å². The van der Waals surface area contributed by atoms with E-state index in [2.05, 4.69) is 20.4 Å². The van der Waals surface area contributed by atoms with Crippen molar-refractivity contribution in [1.82, 2.24) is 0 Å². The smallest absolute Gasteiger partial charge is 0.163 e. The van der Waals surface area contributed by atoms with Crippen molar-refractivity contribution in [2.24, 2.45) is 46.3 Å². The number of Topliss-reactive ketones (excluding diaryl/α,β-unsaturated/α-hetero) is 2. The zero-order valence-corrected chi connectivity index (χ0v) is 20.2. The molecule has 0 heterocycles. The van der Waals surface area contributed by atoms with Gasteiger partial charge in [-0.3, -0.25) is 9.59 Å². The van der Waals surface area contributed by atoms with E-state index in [-0.39, 0.29) is 11.3 Å². The third-order valence-corrected chi connectivity index (χ3v) is 10.8. The van der Waals surface area contributed by atoms with Crippen LogP contribution in [0.4, 0.5) is 0 Å². The zero-order chi connectivity index (χ0) is 22.7. The first kappa shape index (κ1) is 22.1. The van der Waals surface area contributed by atoms with Crippen molar-refractivity contribution in [3.05, 3.63) is 48.0 Å². The van der Waals surface area contributed by atoms with E-state index in [0.29, 0.717) is 53.0 Å². The molecule has 32 heavy (non-hydrogen) atoms. The van der Waals surface area contributed by atoms with Crippen LogP contribution in [0.3, 0.4) is 0 Å². The lowest BCUT2D eigenvalue weighted by Crippen LogP contribution is -2.56. The standard InChI is InChI=1S/C30H40O2/c1-19-12-14-29(3)23(16-19)17-22(18-27(32)21-8-6-5-7-9-21)28-25-11-10-24(20(2)31)30(25,4)15-13-26(28)29/h5-9,22-26,28H,1,10-18H2,2-4H3. The van der Waals surface area contributed by atoms with Gasteiger partial charge in [-0.2, -0.15) is 0 Å². The van der Waals surface area contributed by atoms with Crippen molar-refractivity contribution in [1.29, 1.82) is 0 Å². The monoisotopic (exact) mass is 432 g/mol. The lowest BCUT2D eigenvalue weighted by Gasteiger charge is -2.63. The first-order valence-corrected chi connectivity index (χ1v) is 13.0. The van der Waals surface area contributed by atoms with Crippen molar-refractivity contribution in [2.75, 3.05) is 0 Å². The molecule has 172 valence electrons. The summed E-state index contributed by atoms with van der Waals surface area (Å²) in [7, 11) is 0. The molecule has 0 N–H and O–H groups in total. The highest BCUT2D eigenvalue weighted by atomic mass is 16.1. The van der Waals surface area contributed by atoms with Crippen molar-refractivity contribution < 1.29 is 9.59 Å². The molecule has 4 aliphatic rings. The number of benzene rings is 1. The summed E-state index contributed by atoms with van der Waals surface area (Å²) in [5, 5.41) is 0. The predicted molar refractivity (Wildman–Crippen MR) is 129 cm³/mol. The molecule has 0 saturated heterocycles. The largest absolute Gasteiger partial charge is 0.300 e. The Labute approximate surface area is 194 Å². The fourth-order valence-corrected chi connectivity index (χ4v) is 9.19. The molecule has 8 atom stereocenters. The van der Waals surface area contributed by atoms with Gasteiger partial charge in [-0.1, -0.05) is 56.3 Å². The maximum Gasteiger partial charge on any atom is 0.163 e. The van der Waals surface area contributed by atoms with Gasteiger partial charge in [-0.25, -0.2) is 0 Å². The molecule has 4 aliphatic carbocycles. The predicted octanol–water partition coefficient (Wildman–Crippen LogP) is 7.29.